The summed E-state index contributed by atoms with van der Waals surface area (Å²) >= 11 is 0. The lowest BCUT2D eigenvalue weighted by Gasteiger charge is -2.16. The van der Waals surface area contributed by atoms with E-state index in [9.17, 15) is 0 Å². The lowest BCUT2D eigenvalue weighted by atomic mass is 10.3. The molecule has 0 aliphatic carbocycles. The Balaban J connectivity index is 3.70. The molecule has 2 atom stereocenters. The van der Waals surface area contributed by atoms with E-state index in [1.165, 1.54) is 0 Å². The maximum Gasteiger partial charge on any atom is 0.233 e. The predicted molar refractivity (Wildman–Crippen MR) is 44.0 cm³/mol. The Morgan fingerprint density at radius 3 is 2.00 bits per heavy atom. The molecule has 2 unspecified atom stereocenters. The molecule has 0 aromatic carbocycles. The molecule has 11 heavy (non-hydrogen) atoms. The average Bonchev–Trinajstić information content (AvgIpc) is 1.87. The van der Waals surface area contributed by atoms with E-state index < -0.39 is 12.5 Å². The first-order valence-corrected chi connectivity index (χ1v) is 3.91. The molecule has 4 nitrogen and oxygen atoms in total. The summed E-state index contributed by atoms with van der Waals surface area (Å²) in [7, 11) is 0. The first-order chi connectivity index (χ1) is 5.09. The third kappa shape index (κ3) is 4.31. The van der Waals surface area contributed by atoms with Crippen LogP contribution >= 0.6 is 0 Å². The number of hydrogen-bond donors (Lipinski definition) is 3. The molecule has 0 aromatic heterocycles. The Bertz CT molecular complexity index is 88.4. The number of nitrogens with two attached hydrogens (primary N) is 1. The maximum absolute atomic E-state index is 9.13. The number of rotatable bonds is 5. The summed E-state index contributed by atoms with van der Waals surface area (Å²) < 4.78 is 0. The van der Waals surface area contributed by atoms with Gasteiger partial charge >= 0.3 is 0 Å². The van der Waals surface area contributed by atoms with Crippen molar-refractivity contribution in [3.63, 3.8) is 0 Å². The molecule has 0 rings (SSSR count). The lowest BCUT2D eigenvalue weighted by molar-refractivity contribution is -0.0169. The average molecular weight is 162 g/mol. The highest BCUT2D eigenvalue weighted by molar-refractivity contribution is 4.65. The molecule has 0 aliphatic rings. The maximum atomic E-state index is 9.13. The van der Waals surface area contributed by atoms with E-state index in [-0.39, 0.29) is 0 Å². The van der Waals surface area contributed by atoms with E-state index in [1.807, 2.05) is 0 Å². The molecular weight excluding hydrogens is 144 g/mol. The van der Waals surface area contributed by atoms with Crippen molar-refractivity contribution in [2.75, 3.05) is 13.1 Å². The number of hydrogen-bond acceptors (Lipinski definition) is 4. The highest BCUT2D eigenvalue weighted by atomic mass is 16.3. The van der Waals surface area contributed by atoms with E-state index in [4.69, 9.17) is 15.9 Å². The van der Waals surface area contributed by atoms with Crippen LogP contribution in [0.2, 0.25) is 0 Å². The van der Waals surface area contributed by atoms with Gasteiger partial charge in [-0.3, -0.25) is 0 Å². The third-order valence-electron chi connectivity index (χ3n) is 1.58. The molecule has 0 aromatic rings. The molecule has 0 aliphatic heterocycles. The Morgan fingerprint density at radius 1 is 1.27 bits per heavy atom. The van der Waals surface area contributed by atoms with Gasteiger partial charge in [-0.2, -0.15) is 0 Å². The smallest absolute Gasteiger partial charge is 0.233 e. The molecule has 0 bridgehead atoms. The fraction of sp³-hybridized carbons (Fsp3) is 1.00. The minimum atomic E-state index is -0.610. The van der Waals surface area contributed by atoms with Gasteiger partial charge in [0, 0.05) is 20.3 Å². The van der Waals surface area contributed by atoms with Gasteiger partial charge in [0.15, 0.2) is 0 Å². The lowest BCUT2D eigenvalue weighted by Crippen LogP contribution is -2.46. The van der Waals surface area contributed by atoms with Gasteiger partial charge in [-0.25, -0.2) is 0 Å². The molecular formula is C7H18N2O2+. The van der Waals surface area contributed by atoms with Gasteiger partial charge < -0.3 is 15.9 Å². The van der Waals surface area contributed by atoms with Crippen LogP contribution in [0, 0.1) is 0 Å². The van der Waals surface area contributed by atoms with Crippen LogP contribution in [0.4, 0.5) is 0 Å². The van der Waals surface area contributed by atoms with Crippen molar-refractivity contribution in [1.29, 1.82) is 0 Å². The minimum Gasteiger partial charge on any atom is -0.341 e. The van der Waals surface area contributed by atoms with Gasteiger partial charge in [0.25, 0.3) is 0 Å². The molecule has 67 valence electrons. The Hall–Kier alpha value is -0.160. The zero-order chi connectivity index (χ0) is 8.85. The van der Waals surface area contributed by atoms with Gasteiger partial charge in [-0.05, 0) is 6.54 Å². The highest BCUT2D eigenvalue weighted by Crippen LogP contribution is 1.96. The normalized spacial score (nSPS) is 16.9. The molecule has 1 radical (unpaired) electrons. The zero-order valence-corrected chi connectivity index (χ0v) is 7.20. The van der Waals surface area contributed by atoms with E-state index in [0.29, 0.717) is 13.1 Å². The van der Waals surface area contributed by atoms with Gasteiger partial charge in [0.05, 0.1) is 0 Å². The van der Waals surface area contributed by atoms with Crippen molar-refractivity contribution in [1.82, 2.24) is 4.90 Å². The SMILES string of the molecule is CC(O)[N+](CCCN)C(C)O. The van der Waals surface area contributed by atoms with E-state index >= 15 is 0 Å². The number of aliphatic hydroxyl groups excluding tert-OH is 2. The number of nitrogens with zero attached hydrogens (tertiary/aromatic N) is 1. The van der Waals surface area contributed by atoms with Crippen LogP contribution in [0.15, 0.2) is 0 Å². The topological polar surface area (TPSA) is 72.4 Å². The molecule has 0 saturated heterocycles. The van der Waals surface area contributed by atoms with Gasteiger partial charge in [0.2, 0.25) is 12.5 Å². The van der Waals surface area contributed by atoms with E-state index in [1.54, 1.807) is 18.7 Å². The Kier molecular flexibility index (Phi) is 5.41. The fourth-order valence-electron chi connectivity index (χ4n) is 0.960. The van der Waals surface area contributed by atoms with Crippen molar-refractivity contribution in [3.05, 3.63) is 0 Å². The minimum absolute atomic E-state index is 0.579. The second kappa shape index (κ2) is 5.49. The standard InChI is InChI=1S/C7H18N2O2/c1-6(10)9(7(2)11)5-3-4-8/h6-7,10-11H,3-5,8H2,1-2H3/q+1. The Labute approximate surface area is 67.6 Å². The first kappa shape index (κ1) is 10.8. The van der Waals surface area contributed by atoms with Crippen molar-refractivity contribution in [3.8, 4) is 0 Å². The van der Waals surface area contributed by atoms with Crippen LogP contribution in [-0.2, 0) is 0 Å². The monoisotopic (exact) mass is 162 g/mol. The quantitative estimate of drug-likeness (QED) is 0.364. The zero-order valence-electron chi connectivity index (χ0n) is 7.20. The van der Waals surface area contributed by atoms with Crippen molar-refractivity contribution in [2.45, 2.75) is 32.7 Å². The molecule has 0 fully saturated rings. The van der Waals surface area contributed by atoms with Crippen LogP contribution in [0.5, 0.6) is 0 Å². The Morgan fingerprint density at radius 2 is 1.73 bits per heavy atom. The van der Waals surface area contributed by atoms with Crippen LogP contribution in [0.25, 0.3) is 0 Å². The second-order valence-electron chi connectivity index (χ2n) is 2.64. The van der Waals surface area contributed by atoms with Crippen LogP contribution in [0.3, 0.4) is 0 Å². The van der Waals surface area contributed by atoms with Crippen molar-refractivity contribution < 1.29 is 10.2 Å². The summed E-state index contributed by atoms with van der Waals surface area (Å²) in [5, 5.41) is 18.3. The van der Waals surface area contributed by atoms with E-state index in [0.717, 1.165) is 6.42 Å². The van der Waals surface area contributed by atoms with Crippen LogP contribution < -0.4 is 10.6 Å². The molecule has 0 amide bonds. The van der Waals surface area contributed by atoms with E-state index in [2.05, 4.69) is 0 Å². The fourth-order valence-corrected chi connectivity index (χ4v) is 0.960. The summed E-state index contributed by atoms with van der Waals surface area (Å²) in [4.78, 5) is 1.58. The summed E-state index contributed by atoms with van der Waals surface area (Å²) in [5.74, 6) is 0. The van der Waals surface area contributed by atoms with Crippen molar-refractivity contribution in [2.24, 2.45) is 5.73 Å². The van der Waals surface area contributed by atoms with Gasteiger partial charge in [-0.1, -0.05) is 0 Å². The van der Waals surface area contributed by atoms with Gasteiger partial charge in [-0.15, -0.1) is 4.90 Å². The van der Waals surface area contributed by atoms with Crippen LogP contribution in [0.1, 0.15) is 20.3 Å². The van der Waals surface area contributed by atoms with Crippen LogP contribution in [-0.4, -0.2) is 35.8 Å². The first-order valence-electron chi connectivity index (χ1n) is 3.91. The second-order valence-corrected chi connectivity index (χ2v) is 2.64. The van der Waals surface area contributed by atoms with Crippen molar-refractivity contribution >= 4 is 0 Å². The molecule has 0 heterocycles. The largest absolute Gasteiger partial charge is 0.341 e. The summed E-state index contributed by atoms with van der Waals surface area (Å²) in [5.41, 5.74) is 5.29. The summed E-state index contributed by atoms with van der Waals surface area (Å²) in [6, 6.07) is 0. The molecule has 0 saturated carbocycles. The van der Waals surface area contributed by atoms with Gasteiger partial charge in [0.1, 0.15) is 6.54 Å². The highest BCUT2D eigenvalue weighted by Gasteiger charge is 2.25. The number of aliphatic hydroxyl groups is 2. The third-order valence-corrected chi connectivity index (χ3v) is 1.58. The molecule has 4 heteroatoms. The summed E-state index contributed by atoms with van der Waals surface area (Å²) in [6.45, 7) is 4.47. The molecule has 4 N–H and O–H groups in total. The molecule has 0 spiro atoms. The predicted octanol–water partition coefficient (Wildman–Crippen LogP) is -0.848. The summed E-state index contributed by atoms with van der Waals surface area (Å²) in [6.07, 6.45) is -0.432.